The normalized spacial score (nSPS) is 19.9. The van der Waals surface area contributed by atoms with Crippen molar-refractivity contribution in [2.24, 2.45) is 7.05 Å². The van der Waals surface area contributed by atoms with E-state index in [0.717, 1.165) is 24.9 Å². The first-order valence-electron chi connectivity index (χ1n) is 7.91. The van der Waals surface area contributed by atoms with Crippen molar-refractivity contribution in [2.45, 2.75) is 18.9 Å². The molecule has 6 heteroatoms. The van der Waals surface area contributed by atoms with E-state index in [1.54, 1.807) is 10.7 Å². The van der Waals surface area contributed by atoms with Crippen LogP contribution in [0, 0.1) is 0 Å². The maximum absolute atomic E-state index is 12.9. The van der Waals surface area contributed by atoms with Gasteiger partial charge in [0, 0.05) is 30.9 Å². The molecule has 2 aliphatic rings. The first-order valence-corrected chi connectivity index (χ1v) is 7.91. The fraction of sp³-hybridized carbons (Fsp3) is 0.412. The second-order valence-corrected chi connectivity index (χ2v) is 5.96. The summed E-state index contributed by atoms with van der Waals surface area (Å²) >= 11 is 0. The van der Waals surface area contributed by atoms with Gasteiger partial charge in [0.15, 0.2) is 11.5 Å². The highest BCUT2D eigenvalue weighted by molar-refractivity contribution is 5.95. The van der Waals surface area contributed by atoms with Crippen molar-refractivity contribution in [3.63, 3.8) is 0 Å². The van der Waals surface area contributed by atoms with Crippen molar-refractivity contribution in [2.75, 3.05) is 19.8 Å². The molecule has 6 nitrogen and oxygen atoms in total. The van der Waals surface area contributed by atoms with E-state index < -0.39 is 0 Å². The predicted octanol–water partition coefficient (Wildman–Crippen LogP) is 2.17. The molecule has 1 amide bonds. The quantitative estimate of drug-likeness (QED) is 0.852. The van der Waals surface area contributed by atoms with E-state index >= 15 is 0 Å². The third kappa shape index (κ3) is 2.54. The number of carbonyl (C=O) groups excluding carboxylic acids is 1. The minimum absolute atomic E-state index is 0.0355. The predicted molar refractivity (Wildman–Crippen MR) is 83.7 cm³/mol. The molecule has 0 aliphatic carbocycles. The molecule has 2 aromatic rings. The number of aromatic nitrogens is 2. The molecule has 0 unspecified atom stereocenters. The third-order valence-corrected chi connectivity index (χ3v) is 4.41. The van der Waals surface area contributed by atoms with Gasteiger partial charge in [0.25, 0.3) is 5.91 Å². The van der Waals surface area contributed by atoms with E-state index in [9.17, 15) is 4.79 Å². The molecule has 1 aromatic carbocycles. The van der Waals surface area contributed by atoms with Crippen LogP contribution >= 0.6 is 0 Å². The molecule has 4 rings (SSSR count). The minimum Gasteiger partial charge on any atom is -0.486 e. The number of fused-ring (bicyclic) bond motifs is 1. The van der Waals surface area contributed by atoms with E-state index in [0.29, 0.717) is 30.3 Å². The zero-order valence-electron chi connectivity index (χ0n) is 13.1. The Kier molecular flexibility index (Phi) is 3.44. The van der Waals surface area contributed by atoms with Crippen molar-refractivity contribution in [3.05, 3.63) is 41.7 Å². The van der Waals surface area contributed by atoms with E-state index in [1.165, 1.54) is 0 Å². The highest BCUT2D eigenvalue weighted by Gasteiger charge is 2.31. The first kappa shape index (κ1) is 14.1. The Morgan fingerprint density at radius 2 is 2.09 bits per heavy atom. The third-order valence-electron chi connectivity index (χ3n) is 4.41. The van der Waals surface area contributed by atoms with Gasteiger partial charge in [-0.1, -0.05) is 0 Å². The summed E-state index contributed by atoms with van der Waals surface area (Å²) in [5.41, 5.74) is 1.74. The van der Waals surface area contributed by atoms with Gasteiger partial charge in [-0.15, -0.1) is 0 Å². The Morgan fingerprint density at radius 3 is 2.87 bits per heavy atom. The molecule has 0 N–H and O–H groups in total. The Hall–Kier alpha value is -2.50. The Morgan fingerprint density at radius 1 is 1.26 bits per heavy atom. The Bertz CT molecular complexity index is 740. The standard InChI is InChI=1S/C17H19N3O3/c1-19-11-13(10-18-19)14-3-2-6-20(14)17(21)12-4-5-15-16(9-12)23-8-7-22-15/h4-5,9-11,14H,2-3,6-8H2,1H3/t14-/m0/s1. The van der Waals surface area contributed by atoms with Gasteiger partial charge in [0.1, 0.15) is 13.2 Å². The summed E-state index contributed by atoms with van der Waals surface area (Å²) in [6.45, 7) is 1.84. The maximum Gasteiger partial charge on any atom is 0.254 e. The molecule has 1 atom stereocenters. The van der Waals surface area contributed by atoms with Gasteiger partial charge in [0.05, 0.1) is 12.2 Å². The van der Waals surface area contributed by atoms with Crippen molar-refractivity contribution in [1.29, 1.82) is 0 Å². The molecule has 3 heterocycles. The number of hydrogen-bond donors (Lipinski definition) is 0. The van der Waals surface area contributed by atoms with Crippen LogP contribution in [0.15, 0.2) is 30.6 Å². The number of hydrogen-bond acceptors (Lipinski definition) is 4. The summed E-state index contributed by atoms with van der Waals surface area (Å²) in [4.78, 5) is 14.9. The van der Waals surface area contributed by atoms with Crippen molar-refractivity contribution < 1.29 is 14.3 Å². The van der Waals surface area contributed by atoms with Crippen molar-refractivity contribution in [1.82, 2.24) is 14.7 Å². The molecule has 120 valence electrons. The van der Waals surface area contributed by atoms with Crippen LogP contribution in [-0.4, -0.2) is 40.3 Å². The van der Waals surface area contributed by atoms with E-state index in [1.807, 2.05) is 36.5 Å². The topological polar surface area (TPSA) is 56.6 Å². The smallest absolute Gasteiger partial charge is 0.254 e. The molecule has 0 saturated carbocycles. The van der Waals surface area contributed by atoms with Gasteiger partial charge in [-0.3, -0.25) is 9.48 Å². The SMILES string of the molecule is Cn1cc([C@@H]2CCCN2C(=O)c2ccc3c(c2)OCCO3)cn1. The summed E-state index contributed by atoms with van der Waals surface area (Å²) < 4.78 is 12.9. The fourth-order valence-electron chi connectivity index (χ4n) is 3.31. The number of carbonyl (C=O) groups is 1. The van der Waals surface area contributed by atoms with Gasteiger partial charge in [0.2, 0.25) is 0 Å². The van der Waals surface area contributed by atoms with Crippen LogP contribution in [0.5, 0.6) is 11.5 Å². The van der Waals surface area contributed by atoms with Crippen LogP contribution < -0.4 is 9.47 Å². The second kappa shape index (κ2) is 5.61. The highest BCUT2D eigenvalue weighted by atomic mass is 16.6. The summed E-state index contributed by atoms with van der Waals surface area (Å²) in [6.07, 6.45) is 5.82. The summed E-state index contributed by atoms with van der Waals surface area (Å²) in [5, 5.41) is 4.23. The van der Waals surface area contributed by atoms with E-state index in [2.05, 4.69) is 5.10 Å². The molecule has 1 saturated heterocycles. The molecule has 0 radical (unpaired) electrons. The van der Waals surface area contributed by atoms with Crippen LogP contribution in [0.1, 0.15) is 34.8 Å². The average molecular weight is 313 g/mol. The largest absolute Gasteiger partial charge is 0.486 e. The number of ether oxygens (including phenoxy) is 2. The van der Waals surface area contributed by atoms with Gasteiger partial charge in [-0.25, -0.2) is 0 Å². The zero-order valence-corrected chi connectivity index (χ0v) is 13.1. The maximum atomic E-state index is 12.9. The van der Waals surface area contributed by atoms with Crippen LogP contribution in [0.4, 0.5) is 0 Å². The van der Waals surface area contributed by atoms with E-state index in [-0.39, 0.29) is 11.9 Å². The number of aryl methyl sites for hydroxylation is 1. The minimum atomic E-state index is 0.0355. The number of amides is 1. The summed E-state index contributed by atoms with van der Waals surface area (Å²) in [6, 6.07) is 5.52. The fourth-order valence-corrected chi connectivity index (χ4v) is 3.31. The monoisotopic (exact) mass is 313 g/mol. The number of benzene rings is 1. The molecule has 1 fully saturated rings. The number of rotatable bonds is 2. The van der Waals surface area contributed by atoms with Crippen LogP contribution in [0.25, 0.3) is 0 Å². The van der Waals surface area contributed by atoms with Crippen LogP contribution in [0.3, 0.4) is 0 Å². The average Bonchev–Trinajstić information content (AvgIpc) is 3.22. The lowest BCUT2D eigenvalue weighted by molar-refractivity contribution is 0.0734. The van der Waals surface area contributed by atoms with Crippen LogP contribution in [0.2, 0.25) is 0 Å². The highest BCUT2D eigenvalue weighted by Crippen LogP contribution is 2.35. The number of nitrogens with zero attached hydrogens (tertiary/aromatic N) is 3. The Labute approximate surface area is 134 Å². The van der Waals surface area contributed by atoms with Gasteiger partial charge in [-0.2, -0.15) is 5.10 Å². The summed E-state index contributed by atoms with van der Waals surface area (Å²) in [7, 11) is 1.89. The zero-order chi connectivity index (χ0) is 15.8. The lowest BCUT2D eigenvalue weighted by Crippen LogP contribution is -2.30. The lowest BCUT2D eigenvalue weighted by Gasteiger charge is -2.25. The second-order valence-electron chi connectivity index (χ2n) is 5.96. The first-order chi connectivity index (χ1) is 11.2. The molecular formula is C17H19N3O3. The van der Waals surface area contributed by atoms with Gasteiger partial charge < -0.3 is 14.4 Å². The molecular weight excluding hydrogens is 294 g/mol. The van der Waals surface area contributed by atoms with Gasteiger partial charge >= 0.3 is 0 Å². The van der Waals surface area contributed by atoms with Gasteiger partial charge in [-0.05, 0) is 31.0 Å². The molecule has 2 aliphatic heterocycles. The van der Waals surface area contributed by atoms with Crippen LogP contribution in [-0.2, 0) is 7.05 Å². The van der Waals surface area contributed by atoms with E-state index in [4.69, 9.17) is 9.47 Å². The summed E-state index contributed by atoms with van der Waals surface area (Å²) in [5.74, 6) is 1.39. The Balaban J connectivity index is 1.60. The molecule has 23 heavy (non-hydrogen) atoms. The van der Waals surface area contributed by atoms with Crippen molar-refractivity contribution in [3.8, 4) is 11.5 Å². The molecule has 0 bridgehead atoms. The number of likely N-dealkylation sites (tertiary alicyclic amines) is 1. The molecule has 1 aromatic heterocycles. The van der Waals surface area contributed by atoms with Crippen molar-refractivity contribution >= 4 is 5.91 Å². The molecule has 0 spiro atoms. The lowest BCUT2D eigenvalue weighted by atomic mass is 10.1.